The molecule has 0 radical (unpaired) electrons. The zero-order chi connectivity index (χ0) is 15.8. The van der Waals surface area contributed by atoms with Crippen LogP contribution in [0, 0.1) is 5.92 Å². The number of nitrogens with two attached hydrogens (primary N) is 1. The van der Waals surface area contributed by atoms with E-state index in [1.54, 1.807) is 0 Å². The Kier molecular flexibility index (Phi) is 7.57. The van der Waals surface area contributed by atoms with Gasteiger partial charge in [0, 0.05) is 0 Å². The van der Waals surface area contributed by atoms with Crippen molar-refractivity contribution in [2.45, 2.75) is 58.4 Å². The maximum atomic E-state index is 12.1. The van der Waals surface area contributed by atoms with Crippen LogP contribution in [0.1, 0.15) is 52.4 Å². The highest BCUT2D eigenvalue weighted by Gasteiger charge is 2.24. The van der Waals surface area contributed by atoms with Crippen molar-refractivity contribution in [2.75, 3.05) is 0 Å². The number of carbonyl (C=O) groups excluding carboxylic acids is 2. The molecule has 0 aromatic rings. The number of nitrogens with one attached hydrogen (secondary N) is 1. The molecular weight excluding hydrogens is 284 g/mol. The van der Waals surface area contributed by atoms with Crippen molar-refractivity contribution in [3.8, 4) is 0 Å². The molecule has 1 rings (SSSR count). The Balaban J connectivity index is 2.67. The Morgan fingerprint density at radius 1 is 1.33 bits per heavy atom. The lowest BCUT2D eigenvalue weighted by atomic mass is 9.84. The fourth-order valence-corrected chi connectivity index (χ4v) is 2.88. The second kappa shape index (κ2) is 8.93. The largest absolute Gasteiger partial charge is 0.368 e. The van der Waals surface area contributed by atoms with Gasteiger partial charge in [-0.15, -0.1) is 12.6 Å². The molecule has 0 unspecified atom stereocenters. The highest BCUT2D eigenvalue weighted by Crippen LogP contribution is 2.27. The van der Waals surface area contributed by atoms with E-state index in [1.165, 1.54) is 19.3 Å². The number of hydrogen-bond donors (Lipinski definition) is 3. The Hall–Kier alpha value is -1.23. The number of rotatable bonds is 6. The predicted molar refractivity (Wildman–Crippen MR) is 88.8 cm³/mol. The van der Waals surface area contributed by atoms with Crippen molar-refractivity contribution >= 4 is 24.4 Å². The minimum absolute atomic E-state index is 0.322. The molecule has 0 spiro atoms. The zero-order valence-electron chi connectivity index (χ0n) is 12.9. The molecule has 1 saturated carbocycles. The molecule has 0 heterocycles. The van der Waals surface area contributed by atoms with Gasteiger partial charge in [0.15, 0.2) is 0 Å². The summed E-state index contributed by atoms with van der Waals surface area (Å²) in [6, 6.07) is -0.610. The normalized spacial score (nSPS) is 19.2. The molecule has 2 amide bonds. The first kappa shape index (κ1) is 17.8. The highest BCUT2D eigenvalue weighted by atomic mass is 32.1. The summed E-state index contributed by atoms with van der Waals surface area (Å²) in [5.74, 6) is -0.340. The van der Waals surface area contributed by atoms with Gasteiger partial charge in [0.1, 0.15) is 6.04 Å². The molecule has 5 heteroatoms. The van der Waals surface area contributed by atoms with Gasteiger partial charge in [0.2, 0.25) is 5.91 Å². The van der Waals surface area contributed by atoms with Crippen LogP contribution >= 0.6 is 12.6 Å². The Morgan fingerprint density at radius 2 is 1.95 bits per heavy atom. The first-order valence-corrected chi connectivity index (χ1v) is 8.03. The van der Waals surface area contributed by atoms with Gasteiger partial charge in [-0.1, -0.05) is 44.3 Å². The van der Waals surface area contributed by atoms with E-state index in [4.69, 9.17) is 5.73 Å². The van der Waals surface area contributed by atoms with Crippen LogP contribution in [0.3, 0.4) is 0 Å². The molecule has 1 fully saturated rings. The van der Waals surface area contributed by atoms with Gasteiger partial charge in [0.25, 0.3) is 5.91 Å². The third-order valence-electron chi connectivity index (χ3n) is 3.95. The molecule has 0 saturated heterocycles. The van der Waals surface area contributed by atoms with Crippen LogP contribution in [0.15, 0.2) is 22.6 Å². The smallest absolute Gasteiger partial charge is 0.258 e. The van der Waals surface area contributed by atoms with Crippen molar-refractivity contribution < 1.29 is 9.59 Å². The molecule has 118 valence electrons. The predicted octanol–water partition coefficient (Wildman–Crippen LogP) is 2.71. The molecule has 0 aromatic heterocycles. The van der Waals surface area contributed by atoms with Crippen molar-refractivity contribution in [1.82, 2.24) is 5.32 Å². The summed E-state index contributed by atoms with van der Waals surface area (Å²) in [4.78, 5) is 24.0. The summed E-state index contributed by atoms with van der Waals surface area (Å²) in [5, 5.41) is 2.72. The average Bonchev–Trinajstić information content (AvgIpc) is 2.46. The number of carbonyl (C=O) groups is 2. The Morgan fingerprint density at radius 3 is 2.48 bits per heavy atom. The minimum atomic E-state index is -0.610. The number of primary amides is 1. The van der Waals surface area contributed by atoms with Crippen LogP contribution < -0.4 is 11.1 Å². The highest BCUT2D eigenvalue weighted by molar-refractivity contribution is 7.85. The number of hydrogen-bond acceptors (Lipinski definition) is 3. The van der Waals surface area contributed by atoms with E-state index in [9.17, 15) is 9.59 Å². The standard InChI is InChI=1S/C16H26N2O2S/c1-3-7-11(2)14(21)16(20)18-13(15(17)19)10-12-8-5-4-6-9-12/h3,7,12-13,21H,4-6,8-10H2,1-2H3,(H2,17,19)(H,18,20)/b7-3-,14-11-/t13-/m0/s1. The van der Waals surface area contributed by atoms with Crippen LogP contribution in [0.5, 0.6) is 0 Å². The fraction of sp³-hybridized carbons (Fsp3) is 0.625. The van der Waals surface area contributed by atoms with E-state index in [1.807, 2.05) is 26.0 Å². The van der Waals surface area contributed by atoms with Crippen molar-refractivity contribution in [2.24, 2.45) is 11.7 Å². The molecule has 1 aliphatic carbocycles. The monoisotopic (exact) mass is 310 g/mol. The molecule has 0 aromatic carbocycles. The van der Waals surface area contributed by atoms with Gasteiger partial charge in [0.05, 0.1) is 4.91 Å². The van der Waals surface area contributed by atoms with E-state index in [2.05, 4.69) is 17.9 Å². The van der Waals surface area contributed by atoms with Gasteiger partial charge in [-0.05, 0) is 31.8 Å². The lowest BCUT2D eigenvalue weighted by molar-refractivity contribution is -0.125. The summed E-state index contributed by atoms with van der Waals surface area (Å²) in [7, 11) is 0. The first-order valence-electron chi connectivity index (χ1n) is 7.58. The van der Waals surface area contributed by atoms with Gasteiger partial charge < -0.3 is 11.1 Å². The van der Waals surface area contributed by atoms with Crippen molar-refractivity contribution in [3.63, 3.8) is 0 Å². The topological polar surface area (TPSA) is 72.2 Å². The van der Waals surface area contributed by atoms with Crippen LogP contribution in [-0.2, 0) is 9.59 Å². The number of allylic oxidation sites excluding steroid dienone is 3. The second-order valence-corrected chi connectivity index (χ2v) is 6.15. The van der Waals surface area contributed by atoms with E-state index < -0.39 is 11.9 Å². The summed E-state index contributed by atoms with van der Waals surface area (Å²) in [6.07, 6.45) is 10.2. The molecular formula is C16H26N2O2S. The lowest BCUT2D eigenvalue weighted by Gasteiger charge is -2.25. The van der Waals surface area contributed by atoms with Crippen molar-refractivity contribution in [1.29, 1.82) is 0 Å². The molecule has 1 atom stereocenters. The van der Waals surface area contributed by atoms with Crippen LogP contribution in [-0.4, -0.2) is 17.9 Å². The van der Waals surface area contributed by atoms with Gasteiger partial charge in [-0.3, -0.25) is 9.59 Å². The summed E-state index contributed by atoms with van der Waals surface area (Å²) < 4.78 is 0. The molecule has 1 aliphatic rings. The summed E-state index contributed by atoms with van der Waals surface area (Å²) in [5.41, 5.74) is 6.19. The van der Waals surface area contributed by atoms with Crippen molar-refractivity contribution in [3.05, 3.63) is 22.6 Å². The maximum absolute atomic E-state index is 12.1. The van der Waals surface area contributed by atoms with E-state index in [-0.39, 0.29) is 5.91 Å². The Labute approximate surface area is 132 Å². The van der Waals surface area contributed by atoms with Gasteiger partial charge in [-0.25, -0.2) is 0 Å². The average molecular weight is 310 g/mol. The van der Waals surface area contributed by atoms with E-state index in [0.29, 0.717) is 17.2 Å². The number of amides is 2. The van der Waals surface area contributed by atoms with Crippen LogP contribution in [0.25, 0.3) is 0 Å². The minimum Gasteiger partial charge on any atom is -0.368 e. The quantitative estimate of drug-likeness (QED) is 0.401. The van der Waals surface area contributed by atoms with E-state index >= 15 is 0 Å². The zero-order valence-corrected chi connectivity index (χ0v) is 13.8. The number of thiol groups is 1. The molecule has 0 aliphatic heterocycles. The second-order valence-electron chi connectivity index (χ2n) is 5.70. The van der Waals surface area contributed by atoms with Gasteiger partial charge in [-0.2, -0.15) is 0 Å². The maximum Gasteiger partial charge on any atom is 0.258 e. The first-order chi connectivity index (χ1) is 9.95. The SMILES string of the molecule is C/C=C\C(C)=C(/S)C(=O)N[C@@H](CC1CCCCC1)C(N)=O. The van der Waals surface area contributed by atoms with E-state index in [0.717, 1.165) is 18.4 Å². The fourth-order valence-electron chi connectivity index (χ4n) is 2.74. The third-order valence-corrected chi connectivity index (χ3v) is 4.50. The molecule has 0 bridgehead atoms. The summed E-state index contributed by atoms with van der Waals surface area (Å²) >= 11 is 4.23. The molecule has 4 nitrogen and oxygen atoms in total. The molecule has 21 heavy (non-hydrogen) atoms. The summed E-state index contributed by atoms with van der Waals surface area (Å²) in [6.45, 7) is 3.68. The van der Waals surface area contributed by atoms with Crippen LogP contribution in [0.2, 0.25) is 0 Å². The van der Waals surface area contributed by atoms with Gasteiger partial charge >= 0.3 is 0 Å². The van der Waals surface area contributed by atoms with Crippen LogP contribution in [0.4, 0.5) is 0 Å². The Bertz CT molecular complexity index is 438. The third kappa shape index (κ3) is 5.96. The molecule has 3 N–H and O–H groups in total. The lowest BCUT2D eigenvalue weighted by Crippen LogP contribution is -2.45.